The van der Waals surface area contributed by atoms with Gasteiger partial charge in [-0.05, 0) is 17.7 Å². The first-order chi connectivity index (χ1) is 5.97. The van der Waals surface area contributed by atoms with Crippen molar-refractivity contribution in [3.05, 3.63) is 54.9 Å². The van der Waals surface area contributed by atoms with Gasteiger partial charge in [0.05, 0.1) is 6.20 Å². The van der Waals surface area contributed by atoms with E-state index in [0.29, 0.717) is 0 Å². The lowest BCUT2D eigenvalue weighted by Gasteiger charge is -1.97. The molecule has 0 fully saturated rings. The first-order valence-corrected chi connectivity index (χ1v) is 3.75. The van der Waals surface area contributed by atoms with E-state index in [1.807, 2.05) is 36.4 Å². The van der Waals surface area contributed by atoms with Crippen LogP contribution in [-0.2, 0) is 0 Å². The van der Waals surface area contributed by atoms with Crippen molar-refractivity contribution in [3.8, 4) is 11.1 Å². The summed E-state index contributed by atoms with van der Waals surface area (Å²) in [7, 11) is 0. The normalized spacial score (nSPS) is 9.67. The predicted octanol–water partition coefficient (Wildman–Crippen LogP) is 2.35. The summed E-state index contributed by atoms with van der Waals surface area (Å²) < 4.78 is 0. The Kier molecular flexibility index (Phi) is 1.87. The van der Waals surface area contributed by atoms with Crippen LogP contribution in [0.3, 0.4) is 0 Å². The molecule has 2 aromatic rings. The largest absolute Gasteiger partial charge is 0.254 e. The number of aromatic nitrogens is 1. The van der Waals surface area contributed by atoms with Gasteiger partial charge in [-0.1, -0.05) is 30.3 Å². The van der Waals surface area contributed by atoms with E-state index in [4.69, 9.17) is 0 Å². The minimum absolute atomic E-state index is 1.11. The van der Waals surface area contributed by atoms with Crippen LogP contribution in [0.15, 0.2) is 42.6 Å². The molecule has 0 saturated heterocycles. The lowest BCUT2D eigenvalue weighted by atomic mass is 10.1. The van der Waals surface area contributed by atoms with Crippen LogP contribution in [0.5, 0.6) is 0 Å². The van der Waals surface area contributed by atoms with Gasteiger partial charge in [-0.15, -0.1) is 0 Å². The van der Waals surface area contributed by atoms with Gasteiger partial charge in [-0.3, -0.25) is 4.98 Å². The van der Waals surface area contributed by atoms with Gasteiger partial charge in [-0.25, -0.2) is 0 Å². The van der Waals surface area contributed by atoms with Gasteiger partial charge in [0.1, 0.15) is 0 Å². The maximum absolute atomic E-state index is 3.93. The van der Waals surface area contributed by atoms with Crippen molar-refractivity contribution in [2.75, 3.05) is 0 Å². The maximum Gasteiger partial charge on any atom is 0.0886 e. The second-order valence-corrected chi connectivity index (χ2v) is 2.46. The number of hydrogen-bond donors (Lipinski definition) is 0. The summed E-state index contributed by atoms with van der Waals surface area (Å²) in [5, 5.41) is 0. The van der Waals surface area contributed by atoms with E-state index in [9.17, 15) is 0 Å². The van der Waals surface area contributed by atoms with Gasteiger partial charge in [0.15, 0.2) is 0 Å². The fourth-order valence-corrected chi connectivity index (χ4v) is 1.07. The third-order valence-corrected chi connectivity index (χ3v) is 1.67. The summed E-state index contributed by atoms with van der Waals surface area (Å²) in [6.45, 7) is 0. The van der Waals surface area contributed by atoms with Crippen LogP contribution in [0.2, 0.25) is 0 Å². The van der Waals surface area contributed by atoms with Crippen LogP contribution in [0, 0.1) is 12.3 Å². The van der Waals surface area contributed by atoms with Crippen LogP contribution in [0.1, 0.15) is 0 Å². The molecule has 0 saturated carbocycles. The molecule has 1 aromatic heterocycles. The first-order valence-electron chi connectivity index (χ1n) is 3.75. The topological polar surface area (TPSA) is 12.9 Å². The molecule has 12 heavy (non-hydrogen) atoms. The van der Waals surface area contributed by atoms with E-state index in [1.54, 1.807) is 6.20 Å². The van der Waals surface area contributed by atoms with Gasteiger partial charge in [0.2, 0.25) is 0 Å². The molecule has 0 unspecified atom stereocenters. The zero-order valence-corrected chi connectivity index (χ0v) is 6.49. The number of nitrogens with zero attached hydrogens (tertiary/aromatic N) is 1. The van der Waals surface area contributed by atoms with Crippen LogP contribution in [0.4, 0.5) is 0 Å². The molecule has 1 heterocycles. The molecule has 0 aliphatic heterocycles. The van der Waals surface area contributed by atoms with Crippen molar-refractivity contribution in [1.29, 1.82) is 0 Å². The molecular formula is C11H7N. The monoisotopic (exact) mass is 153 g/mol. The Balaban J connectivity index is 2.46. The standard InChI is InChI=1S/C11H7N/c1-2-5-10(6-3-1)11-7-4-8-12-9-11/h2-7,9H. The van der Waals surface area contributed by atoms with Crippen molar-refractivity contribution >= 4 is 0 Å². The number of rotatable bonds is 1. The van der Waals surface area contributed by atoms with Crippen molar-refractivity contribution in [1.82, 2.24) is 4.98 Å². The summed E-state index contributed by atoms with van der Waals surface area (Å²) in [5.74, 6) is 0. The molecule has 0 spiro atoms. The zero-order chi connectivity index (χ0) is 8.23. The van der Waals surface area contributed by atoms with Crippen molar-refractivity contribution in [2.45, 2.75) is 0 Å². The van der Waals surface area contributed by atoms with Crippen molar-refractivity contribution < 1.29 is 0 Å². The Morgan fingerprint density at radius 1 is 0.917 bits per heavy atom. The molecule has 0 amide bonds. The summed E-state index contributed by atoms with van der Waals surface area (Å²) in [4.78, 5) is 3.93. The average Bonchev–Trinajstić information content (AvgIpc) is 2.21. The predicted molar refractivity (Wildman–Crippen MR) is 47.3 cm³/mol. The van der Waals surface area contributed by atoms with E-state index >= 15 is 0 Å². The molecule has 56 valence electrons. The summed E-state index contributed by atoms with van der Waals surface area (Å²) in [6.07, 6.45) is 4.55. The van der Waals surface area contributed by atoms with Crippen molar-refractivity contribution in [3.63, 3.8) is 0 Å². The lowest BCUT2D eigenvalue weighted by Crippen LogP contribution is -1.77. The molecular weight excluding hydrogens is 146 g/mol. The molecule has 0 bridgehead atoms. The molecule has 2 rings (SSSR count). The minimum Gasteiger partial charge on any atom is -0.254 e. The number of pyridine rings is 1. The van der Waals surface area contributed by atoms with E-state index in [1.165, 1.54) is 0 Å². The highest BCUT2D eigenvalue weighted by atomic mass is 14.6. The summed E-state index contributed by atoms with van der Waals surface area (Å²) >= 11 is 0. The highest BCUT2D eigenvalue weighted by Gasteiger charge is 1.93. The molecule has 1 aromatic carbocycles. The van der Waals surface area contributed by atoms with Gasteiger partial charge in [0, 0.05) is 11.8 Å². The van der Waals surface area contributed by atoms with E-state index in [2.05, 4.69) is 17.2 Å². The highest BCUT2D eigenvalue weighted by molar-refractivity contribution is 5.61. The van der Waals surface area contributed by atoms with Crippen LogP contribution >= 0.6 is 0 Å². The summed E-state index contributed by atoms with van der Waals surface area (Å²) in [5.41, 5.74) is 2.28. The second-order valence-electron chi connectivity index (χ2n) is 2.46. The number of benzene rings is 1. The fourth-order valence-electron chi connectivity index (χ4n) is 1.07. The van der Waals surface area contributed by atoms with Crippen LogP contribution < -0.4 is 0 Å². The molecule has 0 aliphatic rings. The van der Waals surface area contributed by atoms with Gasteiger partial charge in [0.25, 0.3) is 0 Å². The molecule has 1 heteroatoms. The minimum atomic E-state index is 1.11. The molecule has 0 N–H and O–H groups in total. The van der Waals surface area contributed by atoms with Crippen LogP contribution in [0.25, 0.3) is 11.1 Å². The lowest BCUT2D eigenvalue weighted by molar-refractivity contribution is 1.31. The molecule has 0 aliphatic carbocycles. The van der Waals surface area contributed by atoms with Crippen molar-refractivity contribution in [2.24, 2.45) is 0 Å². The van der Waals surface area contributed by atoms with E-state index in [-0.39, 0.29) is 0 Å². The Bertz CT molecular complexity index is 302. The Morgan fingerprint density at radius 2 is 1.67 bits per heavy atom. The average molecular weight is 153 g/mol. The molecule has 0 atom stereocenters. The fraction of sp³-hybridized carbons (Fsp3) is 0. The SMILES string of the molecule is [c]1ccc(-c2cc[c]nc2)cc1. The van der Waals surface area contributed by atoms with E-state index < -0.39 is 0 Å². The first kappa shape index (κ1) is 7.04. The molecule has 1 nitrogen and oxygen atoms in total. The van der Waals surface area contributed by atoms with Gasteiger partial charge in [-0.2, -0.15) is 0 Å². The second kappa shape index (κ2) is 3.18. The highest BCUT2D eigenvalue weighted by Crippen LogP contribution is 2.15. The smallest absolute Gasteiger partial charge is 0.0886 e. The molecule has 2 radical (unpaired) electrons. The Hall–Kier alpha value is -1.63. The Labute approximate surface area is 71.7 Å². The third-order valence-electron chi connectivity index (χ3n) is 1.67. The van der Waals surface area contributed by atoms with Gasteiger partial charge >= 0.3 is 0 Å². The quantitative estimate of drug-likeness (QED) is 0.612. The zero-order valence-electron chi connectivity index (χ0n) is 6.49. The summed E-state index contributed by atoms with van der Waals surface area (Å²) in [6, 6.07) is 14.6. The van der Waals surface area contributed by atoms with Crippen LogP contribution in [-0.4, -0.2) is 4.98 Å². The maximum atomic E-state index is 3.93. The van der Waals surface area contributed by atoms with Gasteiger partial charge < -0.3 is 0 Å². The number of hydrogen-bond acceptors (Lipinski definition) is 1. The third kappa shape index (κ3) is 1.35. The van der Waals surface area contributed by atoms with E-state index in [0.717, 1.165) is 11.1 Å². The Morgan fingerprint density at radius 3 is 2.33 bits per heavy atom.